The first-order valence-electron chi connectivity index (χ1n) is 8.34. The topological polar surface area (TPSA) is 64.0 Å². The van der Waals surface area contributed by atoms with Gasteiger partial charge in [0.15, 0.2) is 0 Å². The first-order valence-corrected chi connectivity index (χ1v) is 8.34. The standard InChI is InChI=1S/C21H19N3O2/c1-25-17-10-8-16(9-11-17)24-19(12-7-15-5-3-2-4-6-15)23-21-18(20(24)22)13-14-26-21/h2-14,20H,22H2,1H3. The first kappa shape index (κ1) is 16.2. The molecule has 0 aliphatic carbocycles. The molecule has 0 radical (unpaired) electrons. The van der Waals surface area contributed by atoms with Gasteiger partial charge in [-0.1, -0.05) is 36.4 Å². The summed E-state index contributed by atoms with van der Waals surface area (Å²) in [7, 11) is 1.65. The molecular weight excluding hydrogens is 326 g/mol. The van der Waals surface area contributed by atoms with Crippen molar-refractivity contribution >= 4 is 23.5 Å². The van der Waals surface area contributed by atoms with Crippen LogP contribution in [0.4, 0.5) is 11.6 Å². The summed E-state index contributed by atoms with van der Waals surface area (Å²) in [6.45, 7) is 0. The maximum Gasteiger partial charge on any atom is 0.227 e. The predicted molar refractivity (Wildman–Crippen MR) is 104 cm³/mol. The predicted octanol–water partition coefficient (Wildman–Crippen LogP) is 4.51. The first-order chi connectivity index (χ1) is 12.8. The Hall–Kier alpha value is -3.31. The molecule has 130 valence electrons. The molecule has 26 heavy (non-hydrogen) atoms. The highest BCUT2D eigenvalue weighted by atomic mass is 16.5. The van der Waals surface area contributed by atoms with Crippen LogP contribution in [0.3, 0.4) is 0 Å². The average molecular weight is 345 g/mol. The number of methoxy groups -OCH3 is 1. The van der Waals surface area contributed by atoms with Crippen molar-refractivity contribution in [2.75, 3.05) is 12.0 Å². The SMILES string of the molecule is COc1ccc(N2C(C=Cc3ccccc3)=Nc3occc3C2N)cc1. The number of nitrogens with zero attached hydrogens (tertiary/aromatic N) is 2. The van der Waals surface area contributed by atoms with Gasteiger partial charge in [-0.05, 0) is 42.0 Å². The maximum absolute atomic E-state index is 6.52. The Kier molecular flexibility index (Phi) is 4.29. The molecule has 1 aliphatic rings. The van der Waals surface area contributed by atoms with E-state index in [9.17, 15) is 0 Å². The molecule has 2 heterocycles. The second-order valence-electron chi connectivity index (χ2n) is 5.91. The molecule has 3 aromatic rings. The molecule has 1 atom stereocenters. The van der Waals surface area contributed by atoms with Crippen molar-refractivity contribution in [3.63, 3.8) is 0 Å². The summed E-state index contributed by atoms with van der Waals surface area (Å²) in [4.78, 5) is 6.63. The van der Waals surface area contributed by atoms with Gasteiger partial charge in [0.2, 0.25) is 5.88 Å². The van der Waals surface area contributed by atoms with E-state index in [4.69, 9.17) is 14.9 Å². The van der Waals surface area contributed by atoms with E-state index in [2.05, 4.69) is 4.99 Å². The van der Waals surface area contributed by atoms with Crippen molar-refractivity contribution in [2.24, 2.45) is 10.7 Å². The summed E-state index contributed by atoms with van der Waals surface area (Å²) in [5.74, 6) is 2.06. The number of rotatable bonds is 4. The maximum atomic E-state index is 6.52. The number of furan rings is 1. The summed E-state index contributed by atoms with van der Waals surface area (Å²) in [6.07, 6.45) is 5.19. The highest BCUT2D eigenvalue weighted by molar-refractivity contribution is 6.10. The van der Waals surface area contributed by atoms with E-state index in [1.807, 2.05) is 77.7 Å². The second kappa shape index (κ2) is 6.90. The van der Waals surface area contributed by atoms with E-state index < -0.39 is 0 Å². The van der Waals surface area contributed by atoms with Gasteiger partial charge in [0, 0.05) is 5.69 Å². The Labute approximate surface area is 152 Å². The molecule has 5 heteroatoms. The third kappa shape index (κ3) is 3.00. The summed E-state index contributed by atoms with van der Waals surface area (Å²) in [5.41, 5.74) is 9.39. The van der Waals surface area contributed by atoms with Crippen LogP contribution >= 0.6 is 0 Å². The van der Waals surface area contributed by atoms with Crippen LogP contribution in [0.1, 0.15) is 17.3 Å². The van der Waals surface area contributed by atoms with Crippen LogP contribution in [0.25, 0.3) is 6.08 Å². The van der Waals surface area contributed by atoms with Crippen LogP contribution in [0.15, 0.2) is 82.4 Å². The third-order valence-corrected chi connectivity index (χ3v) is 4.31. The molecule has 1 aromatic heterocycles. The normalized spacial score (nSPS) is 16.5. The zero-order valence-corrected chi connectivity index (χ0v) is 14.4. The average Bonchev–Trinajstić information content (AvgIpc) is 3.16. The van der Waals surface area contributed by atoms with Crippen molar-refractivity contribution in [1.29, 1.82) is 0 Å². The molecule has 0 saturated heterocycles. The molecule has 2 aromatic carbocycles. The third-order valence-electron chi connectivity index (χ3n) is 4.31. The van der Waals surface area contributed by atoms with Gasteiger partial charge in [0.05, 0.1) is 18.9 Å². The highest BCUT2D eigenvalue weighted by Gasteiger charge is 2.29. The van der Waals surface area contributed by atoms with Gasteiger partial charge in [-0.2, -0.15) is 4.99 Å². The van der Waals surface area contributed by atoms with Crippen molar-refractivity contribution < 1.29 is 9.15 Å². The van der Waals surface area contributed by atoms with Crippen LogP contribution in [0, 0.1) is 0 Å². The molecule has 2 N–H and O–H groups in total. The number of fused-ring (bicyclic) bond motifs is 1. The Bertz CT molecular complexity index is 943. The smallest absolute Gasteiger partial charge is 0.227 e. The Morgan fingerprint density at radius 1 is 1.04 bits per heavy atom. The molecule has 0 bridgehead atoms. The van der Waals surface area contributed by atoms with Gasteiger partial charge in [-0.25, -0.2) is 0 Å². The van der Waals surface area contributed by atoms with Gasteiger partial charge < -0.3 is 19.8 Å². The van der Waals surface area contributed by atoms with E-state index >= 15 is 0 Å². The number of aliphatic imine (C=N–C) groups is 1. The Morgan fingerprint density at radius 3 is 2.54 bits per heavy atom. The lowest BCUT2D eigenvalue weighted by atomic mass is 10.1. The van der Waals surface area contributed by atoms with Gasteiger partial charge in [-0.15, -0.1) is 0 Å². The molecule has 4 rings (SSSR count). The molecule has 0 fully saturated rings. The summed E-state index contributed by atoms with van der Waals surface area (Å²) in [5, 5.41) is 0. The van der Waals surface area contributed by atoms with Crippen LogP contribution in [-0.2, 0) is 0 Å². The van der Waals surface area contributed by atoms with E-state index in [0.717, 1.165) is 22.6 Å². The monoisotopic (exact) mass is 345 g/mol. The lowest BCUT2D eigenvalue weighted by Gasteiger charge is -2.33. The van der Waals surface area contributed by atoms with Gasteiger partial charge in [0.1, 0.15) is 17.8 Å². The molecule has 0 amide bonds. The Balaban J connectivity index is 1.74. The fourth-order valence-corrected chi connectivity index (χ4v) is 2.95. The van der Waals surface area contributed by atoms with Crippen LogP contribution in [0.5, 0.6) is 5.75 Å². The van der Waals surface area contributed by atoms with E-state index in [0.29, 0.717) is 11.7 Å². The minimum atomic E-state index is -0.384. The fourth-order valence-electron chi connectivity index (χ4n) is 2.95. The lowest BCUT2D eigenvalue weighted by Crippen LogP contribution is -2.40. The van der Waals surface area contributed by atoms with Crippen molar-refractivity contribution in [3.05, 3.63) is 84.1 Å². The van der Waals surface area contributed by atoms with Crippen LogP contribution in [0.2, 0.25) is 0 Å². The van der Waals surface area contributed by atoms with Crippen molar-refractivity contribution in [1.82, 2.24) is 0 Å². The minimum absolute atomic E-state index is 0.384. The van der Waals surface area contributed by atoms with Crippen LogP contribution < -0.4 is 15.4 Å². The number of hydrogen-bond acceptors (Lipinski definition) is 5. The molecule has 1 unspecified atom stereocenters. The second-order valence-corrected chi connectivity index (χ2v) is 5.91. The largest absolute Gasteiger partial charge is 0.497 e. The summed E-state index contributed by atoms with van der Waals surface area (Å²) >= 11 is 0. The number of hydrogen-bond donors (Lipinski definition) is 1. The number of nitrogens with two attached hydrogens (primary N) is 1. The quantitative estimate of drug-likeness (QED) is 0.756. The molecule has 0 spiro atoms. The van der Waals surface area contributed by atoms with Crippen molar-refractivity contribution in [3.8, 4) is 5.75 Å². The van der Waals surface area contributed by atoms with E-state index in [1.165, 1.54) is 0 Å². The molecule has 1 aliphatic heterocycles. The summed E-state index contributed by atoms with van der Waals surface area (Å²) < 4.78 is 10.7. The number of ether oxygens (including phenoxy) is 1. The number of amidine groups is 1. The lowest BCUT2D eigenvalue weighted by molar-refractivity contribution is 0.415. The summed E-state index contributed by atoms with van der Waals surface area (Å²) in [6, 6.07) is 19.7. The van der Waals surface area contributed by atoms with Gasteiger partial charge in [0.25, 0.3) is 0 Å². The Morgan fingerprint density at radius 2 is 1.81 bits per heavy atom. The van der Waals surface area contributed by atoms with Gasteiger partial charge in [-0.3, -0.25) is 0 Å². The van der Waals surface area contributed by atoms with E-state index in [-0.39, 0.29) is 6.17 Å². The van der Waals surface area contributed by atoms with Crippen molar-refractivity contribution in [2.45, 2.75) is 6.17 Å². The molecule has 5 nitrogen and oxygen atoms in total. The fraction of sp³-hybridized carbons (Fsp3) is 0.0952. The zero-order valence-electron chi connectivity index (χ0n) is 14.4. The van der Waals surface area contributed by atoms with E-state index in [1.54, 1.807) is 13.4 Å². The van der Waals surface area contributed by atoms with Gasteiger partial charge >= 0.3 is 0 Å². The number of benzene rings is 2. The zero-order chi connectivity index (χ0) is 17.9. The number of anilines is 1. The molecule has 0 saturated carbocycles. The molecular formula is C21H19N3O2. The van der Waals surface area contributed by atoms with Crippen LogP contribution in [-0.4, -0.2) is 12.9 Å². The minimum Gasteiger partial charge on any atom is -0.497 e. The highest BCUT2D eigenvalue weighted by Crippen LogP contribution is 2.36.